The molecule has 0 atom stereocenters. The van der Waals surface area contributed by atoms with Gasteiger partial charge in [-0.1, -0.05) is 25.1 Å². The van der Waals surface area contributed by atoms with Gasteiger partial charge in [-0.3, -0.25) is 14.6 Å². The molecule has 0 radical (unpaired) electrons. The highest BCUT2D eigenvalue weighted by molar-refractivity contribution is 6.08. The Labute approximate surface area is 165 Å². The number of nitrogens with zero attached hydrogens (tertiary/aromatic N) is 3. The third kappa shape index (κ3) is 4.34. The number of pyridine rings is 1. The number of nitrogens with one attached hydrogen (secondary N) is 1. The summed E-state index contributed by atoms with van der Waals surface area (Å²) in [5, 5.41) is 2.90. The first-order valence-corrected chi connectivity index (χ1v) is 9.33. The van der Waals surface area contributed by atoms with Gasteiger partial charge in [-0.2, -0.15) is 0 Å². The standard InChI is InChI=1S/C22H24N4O2/c1-4-21(27)26(3)18-9-7-16(8-10-18)19-11-12-20(25-19)22(28)24-14-17-6-5-13-23-15(17)2/h5-10,12-13H,4,11,14H2,1-3H3,(H,24,28). The molecular weight excluding hydrogens is 352 g/mol. The van der Waals surface area contributed by atoms with Crippen LogP contribution in [0.15, 0.2) is 59.4 Å². The van der Waals surface area contributed by atoms with E-state index < -0.39 is 0 Å². The molecule has 2 amide bonds. The minimum absolute atomic E-state index is 0.0652. The third-order valence-corrected chi connectivity index (χ3v) is 4.80. The number of amides is 2. The van der Waals surface area contributed by atoms with Gasteiger partial charge in [0.25, 0.3) is 5.91 Å². The fourth-order valence-electron chi connectivity index (χ4n) is 2.98. The zero-order valence-electron chi connectivity index (χ0n) is 16.4. The number of aryl methyl sites for hydroxylation is 1. The van der Waals surface area contributed by atoms with Crippen molar-refractivity contribution in [3.63, 3.8) is 0 Å². The molecule has 0 bridgehead atoms. The molecule has 6 nitrogen and oxygen atoms in total. The second-order valence-corrected chi connectivity index (χ2v) is 6.64. The molecule has 0 saturated carbocycles. The van der Waals surface area contributed by atoms with Crippen molar-refractivity contribution in [1.29, 1.82) is 0 Å². The second-order valence-electron chi connectivity index (χ2n) is 6.64. The summed E-state index contributed by atoms with van der Waals surface area (Å²) >= 11 is 0. The summed E-state index contributed by atoms with van der Waals surface area (Å²) in [6, 6.07) is 11.5. The van der Waals surface area contributed by atoms with Gasteiger partial charge in [0.15, 0.2) is 0 Å². The molecule has 2 aromatic rings. The van der Waals surface area contributed by atoms with E-state index in [9.17, 15) is 9.59 Å². The summed E-state index contributed by atoms with van der Waals surface area (Å²) in [6.07, 6.45) is 4.64. The van der Waals surface area contributed by atoms with Crippen molar-refractivity contribution in [1.82, 2.24) is 10.3 Å². The lowest BCUT2D eigenvalue weighted by molar-refractivity contribution is -0.118. The van der Waals surface area contributed by atoms with Crippen molar-refractivity contribution in [2.24, 2.45) is 4.99 Å². The molecule has 144 valence electrons. The second kappa shape index (κ2) is 8.61. The molecule has 28 heavy (non-hydrogen) atoms. The van der Waals surface area contributed by atoms with E-state index >= 15 is 0 Å². The molecule has 0 saturated heterocycles. The lowest BCUT2D eigenvalue weighted by Gasteiger charge is -2.16. The van der Waals surface area contributed by atoms with E-state index in [-0.39, 0.29) is 11.8 Å². The summed E-state index contributed by atoms with van der Waals surface area (Å²) in [7, 11) is 1.77. The SMILES string of the molecule is CCC(=O)N(C)c1ccc(C2=NC(C(=O)NCc3cccnc3C)=CC2)cc1. The van der Waals surface area contributed by atoms with Crippen LogP contribution in [0, 0.1) is 6.92 Å². The van der Waals surface area contributed by atoms with Crippen LogP contribution in [0.2, 0.25) is 0 Å². The Balaban J connectivity index is 1.63. The molecule has 1 N–H and O–H groups in total. The van der Waals surface area contributed by atoms with E-state index in [0.29, 0.717) is 25.1 Å². The molecule has 3 rings (SSSR count). The van der Waals surface area contributed by atoms with Gasteiger partial charge >= 0.3 is 0 Å². The van der Waals surface area contributed by atoms with Gasteiger partial charge in [-0.25, -0.2) is 4.99 Å². The Morgan fingerprint density at radius 3 is 2.61 bits per heavy atom. The van der Waals surface area contributed by atoms with Crippen molar-refractivity contribution in [2.75, 3.05) is 11.9 Å². The molecule has 0 aliphatic carbocycles. The lowest BCUT2D eigenvalue weighted by Crippen LogP contribution is -2.25. The number of allylic oxidation sites excluding steroid dienone is 1. The summed E-state index contributed by atoms with van der Waals surface area (Å²) in [5.74, 6) is -0.126. The number of benzene rings is 1. The maximum atomic E-state index is 12.4. The molecular formula is C22H24N4O2. The average Bonchev–Trinajstić information content (AvgIpc) is 3.22. The maximum absolute atomic E-state index is 12.4. The lowest BCUT2D eigenvalue weighted by atomic mass is 10.1. The summed E-state index contributed by atoms with van der Waals surface area (Å²) < 4.78 is 0. The maximum Gasteiger partial charge on any atom is 0.269 e. The Bertz CT molecular complexity index is 945. The van der Waals surface area contributed by atoms with Crippen LogP contribution < -0.4 is 10.2 Å². The van der Waals surface area contributed by atoms with Crippen molar-refractivity contribution < 1.29 is 9.59 Å². The molecule has 6 heteroatoms. The van der Waals surface area contributed by atoms with Crippen molar-refractivity contribution in [3.8, 4) is 0 Å². The predicted octanol–water partition coefficient (Wildman–Crippen LogP) is 3.16. The number of hydrogen-bond acceptors (Lipinski definition) is 4. The Morgan fingerprint density at radius 1 is 1.18 bits per heavy atom. The Hall–Kier alpha value is -3.28. The van der Waals surface area contributed by atoms with Crippen LogP contribution >= 0.6 is 0 Å². The number of aromatic nitrogens is 1. The topological polar surface area (TPSA) is 74.7 Å². The van der Waals surface area contributed by atoms with Gasteiger partial charge in [-0.05, 0) is 42.3 Å². The molecule has 1 aliphatic heterocycles. The predicted molar refractivity (Wildman–Crippen MR) is 110 cm³/mol. The molecule has 0 fully saturated rings. The normalized spacial score (nSPS) is 13.0. The highest BCUT2D eigenvalue weighted by Gasteiger charge is 2.17. The zero-order valence-corrected chi connectivity index (χ0v) is 16.4. The molecule has 2 heterocycles. The quantitative estimate of drug-likeness (QED) is 0.841. The minimum atomic E-state index is -0.192. The van der Waals surface area contributed by atoms with Crippen molar-refractivity contribution >= 4 is 23.2 Å². The van der Waals surface area contributed by atoms with Crippen molar-refractivity contribution in [3.05, 3.63) is 71.2 Å². The summed E-state index contributed by atoms with van der Waals surface area (Å²) in [4.78, 5) is 34.6. The molecule has 0 unspecified atom stereocenters. The molecule has 1 aromatic carbocycles. The van der Waals surface area contributed by atoms with Crippen LogP contribution in [0.3, 0.4) is 0 Å². The van der Waals surface area contributed by atoms with Crippen LogP contribution in [-0.2, 0) is 16.1 Å². The Morgan fingerprint density at radius 2 is 1.93 bits per heavy atom. The van der Waals surface area contributed by atoms with Crippen LogP contribution in [0.5, 0.6) is 0 Å². The van der Waals surface area contributed by atoms with Crippen molar-refractivity contribution in [2.45, 2.75) is 33.2 Å². The van der Waals surface area contributed by atoms with E-state index in [2.05, 4.69) is 15.3 Å². The van der Waals surface area contributed by atoms with Gasteiger partial charge < -0.3 is 10.2 Å². The van der Waals surface area contributed by atoms with E-state index in [0.717, 1.165) is 28.2 Å². The van der Waals surface area contributed by atoms with Crippen LogP contribution in [-0.4, -0.2) is 29.6 Å². The highest BCUT2D eigenvalue weighted by Crippen LogP contribution is 2.20. The molecule has 1 aliphatic rings. The first kappa shape index (κ1) is 19.5. The number of aliphatic imine (C=N–C) groups is 1. The van der Waals surface area contributed by atoms with E-state index in [1.807, 2.05) is 56.3 Å². The third-order valence-electron chi connectivity index (χ3n) is 4.80. The Kier molecular flexibility index (Phi) is 5.99. The van der Waals surface area contributed by atoms with Gasteiger partial charge in [0.1, 0.15) is 5.70 Å². The molecule has 1 aromatic heterocycles. The fourth-order valence-corrected chi connectivity index (χ4v) is 2.98. The fraction of sp³-hybridized carbons (Fsp3) is 0.273. The van der Waals surface area contributed by atoms with Gasteiger partial charge in [0.2, 0.25) is 5.91 Å². The van der Waals surface area contributed by atoms with Gasteiger partial charge in [0.05, 0.1) is 5.71 Å². The average molecular weight is 376 g/mol. The van der Waals surface area contributed by atoms with Gasteiger partial charge in [-0.15, -0.1) is 0 Å². The van der Waals surface area contributed by atoms with E-state index in [1.54, 1.807) is 18.1 Å². The van der Waals surface area contributed by atoms with Crippen LogP contribution in [0.4, 0.5) is 5.69 Å². The first-order valence-electron chi connectivity index (χ1n) is 9.33. The smallest absolute Gasteiger partial charge is 0.269 e. The summed E-state index contributed by atoms with van der Waals surface area (Å²) in [5.41, 5.74) is 4.95. The van der Waals surface area contributed by atoms with Crippen LogP contribution in [0.1, 0.15) is 36.6 Å². The van der Waals surface area contributed by atoms with Gasteiger partial charge in [0, 0.05) is 44.0 Å². The monoisotopic (exact) mass is 376 g/mol. The minimum Gasteiger partial charge on any atom is -0.347 e. The molecule has 0 spiro atoms. The summed E-state index contributed by atoms with van der Waals surface area (Å²) in [6.45, 7) is 4.18. The highest BCUT2D eigenvalue weighted by atomic mass is 16.2. The van der Waals surface area contributed by atoms with E-state index in [4.69, 9.17) is 0 Å². The number of rotatable bonds is 6. The number of carbonyl (C=O) groups is 2. The number of hydrogen-bond donors (Lipinski definition) is 1. The zero-order chi connectivity index (χ0) is 20.1. The first-order chi connectivity index (χ1) is 13.5. The van der Waals surface area contributed by atoms with Crippen LogP contribution in [0.25, 0.3) is 0 Å². The largest absolute Gasteiger partial charge is 0.347 e. The number of anilines is 1. The van der Waals surface area contributed by atoms with E-state index in [1.165, 1.54) is 0 Å². The number of carbonyl (C=O) groups excluding carboxylic acids is 2.